The Hall–Kier alpha value is -3.32. The Morgan fingerprint density at radius 1 is 0.958 bits per heavy atom. The van der Waals surface area contributed by atoms with Crippen LogP contribution in [0.2, 0.25) is 0 Å². The number of rotatable bonds is 3. The molecule has 116 valence electrons. The molecule has 0 fully saturated rings. The minimum absolute atomic E-state index is 0.255. The van der Waals surface area contributed by atoms with Gasteiger partial charge in [-0.15, -0.1) is 0 Å². The smallest absolute Gasteiger partial charge is 0.141 e. The Kier molecular flexibility index (Phi) is 3.40. The summed E-state index contributed by atoms with van der Waals surface area (Å²) in [5.41, 5.74) is 5.45. The third kappa shape index (κ3) is 2.46. The first-order valence-electron chi connectivity index (χ1n) is 7.67. The van der Waals surface area contributed by atoms with Crippen molar-refractivity contribution in [1.82, 2.24) is 9.78 Å². The van der Waals surface area contributed by atoms with E-state index < -0.39 is 0 Å². The molecule has 0 bridgehead atoms. The number of hydrogen-bond donors (Lipinski definition) is 1. The largest absolute Gasteiger partial charge is 0.287 e. The summed E-state index contributed by atoms with van der Waals surface area (Å²) in [5, 5.41) is 12.5. The lowest BCUT2D eigenvalue weighted by molar-refractivity contribution is 0.628. The van der Waals surface area contributed by atoms with Gasteiger partial charge < -0.3 is 0 Å². The molecule has 2 aliphatic rings. The van der Waals surface area contributed by atoms with Crippen LogP contribution in [0.15, 0.2) is 66.7 Å². The van der Waals surface area contributed by atoms with Crippen LogP contribution in [-0.4, -0.2) is 9.78 Å². The van der Waals surface area contributed by atoms with Gasteiger partial charge in [0, 0.05) is 5.56 Å². The monoisotopic (exact) mass is 315 g/mol. The second-order valence-electron chi connectivity index (χ2n) is 5.72. The Balaban J connectivity index is 1.79. The van der Waals surface area contributed by atoms with Crippen molar-refractivity contribution in [1.29, 1.82) is 5.26 Å². The molecule has 0 amide bonds. The van der Waals surface area contributed by atoms with E-state index in [0.29, 0.717) is 12.2 Å². The topological polar surface area (TPSA) is 44.5 Å². The molecule has 1 aliphatic carbocycles. The fourth-order valence-corrected chi connectivity index (χ4v) is 2.96. The molecule has 0 radical (unpaired) electrons. The van der Waals surface area contributed by atoms with Gasteiger partial charge in [0.15, 0.2) is 0 Å². The van der Waals surface area contributed by atoms with Crippen molar-refractivity contribution in [2.24, 2.45) is 0 Å². The van der Waals surface area contributed by atoms with Crippen LogP contribution in [0.1, 0.15) is 11.3 Å². The maximum absolute atomic E-state index is 13.1. The molecule has 4 rings (SSSR count). The zero-order valence-corrected chi connectivity index (χ0v) is 12.8. The number of nitrogens with zero attached hydrogens (tertiary/aromatic N) is 2. The number of benzene rings is 2. The van der Waals surface area contributed by atoms with Gasteiger partial charge in [-0.1, -0.05) is 42.5 Å². The van der Waals surface area contributed by atoms with Gasteiger partial charge in [0.05, 0.1) is 12.2 Å². The van der Waals surface area contributed by atoms with E-state index in [0.717, 1.165) is 27.9 Å². The van der Waals surface area contributed by atoms with Crippen molar-refractivity contribution in [2.75, 3.05) is 0 Å². The summed E-state index contributed by atoms with van der Waals surface area (Å²) < 4.78 is 15.1. The highest BCUT2D eigenvalue weighted by atomic mass is 19.1. The van der Waals surface area contributed by atoms with E-state index in [1.54, 1.807) is 12.1 Å². The van der Waals surface area contributed by atoms with Gasteiger partial charge in [0.2, 0.25) is 0 Å². The molecule has 4 heteroatoms. The number of nitrogens with one attached hydrogen (secondary N) is 1. The molecule has 0 atom stereocenters. The second kappa shape index (κ2) is 5.71. The minimum Gasteiger partial charge on any atom is -0.287 e. The van der Waals surface area contributed by atoms with Crippen molar-refractivity contribution in [3.8, 4) is 28.5 Å². The van der Waals surface area contributed by atoms with Crippen molar-refractivity contribution >= 4 is 0 Å². The van der Waals surface area contributed by atoms with Gasteiger partial charge in [-0.05, 0) is 41.0 Å². The van der Waals surface area contributed by atoms with E-state index in [4.69, 9.17) is 0 Å². The molecular formula is C20H14FN3. The standard InChI is InChI=1S/C20H14FN3/c21-17-8-6-15(7-9-17)16-10-18-19(12-22)23-24(20(18)11-16)13-14-4-2-1-3-5-14/h1-11,23H,13H2. The van der Waals surface area contributed by atoms with Gasteiger partial charge in [-0.3, -0.25) is 9.78 Å². The lowest BCUT2D eigenvalue weighted by atomic mass is 10.1. The van der Waals surface area contributed by atoms with Crippen LogP contribution in [0.5, 0.6) is 0 Å². The molecule has 0 unspecified atom stereocenters. The quantitative estimate of drug-likeness (QED) is 0.588. The van der Waals surface area contributed by atoms with Crippen molar-refractivity contribution in [3.05, 3.63) is 83.8 Å². The van der Waals surface area contributed by atoms with Crippen molar-refractivity contribution in [3.63, 3.8) is 0 Å². The number of halogens is 1. The molecular weight excluding hydrogens is 301 g/mol. The minimum atomic E-state index is -0.255. The molecule has 3 nitrogen and oxygen atoms in total. The van der Waals surface area contributed by atoms with Gasteiger partial charge in [-0.25, -0.2) is 4.39 Å². The average molecular weight is 315 g/mol. The Bertz CT molecular complexity index is 988. The first kappa shape index (κ1) is 14.3. The fourth-order valence-electron chi connectivity index (χ4n) is 2.96. The van der Waals surface area contributed by atoms with E-state index >= 15 is 0 Å². The molecule has 1 N–H and O–H groups in total. The lowest BCUT2D eigenvalue weighted by Crippen LogP contribution is -2.02. The zero-order chi connectivity index (χ0) is 16.5. The first-order valence-corrected chi connectivity index (χ1v) is 7.67. The Morgan fingerprint density at radius 3 is 2.42 bits per heavy atom. The molecule has 2 aromatic carbocycles. The summed E-state index contributed by atoms with van der Waals surface area (Å²) in [6.07, 6.45) is 0. The highest BCUT2D eigenvalue weighted by Crippen LogP contribution is 2.35. The fraction of sp³-hybridized carbons (Fsp3) is 0.0500. The van der Waals surface area contributed by atoms with E-state index in [1.165, 1.54) is 12.1 Å². The molecule has 0 aromatic heterocycles. The average Bonchev–Trinajstić information content (AvgIpc) is 3.17. The summed E-state index contributed by atoms with van der Waals surface area (Å²) in [6, 6.07) is 22.7. The number of fused-ring (bicyclic) bond motifs is 1. The highest BCUT2D eigenvalue weighted by molar-refractivity contribution is 5.81. The zero-order valence-electron chi connectivity index (χ0n) is 12.8. The third-order valence-electron chi connectivity index (χ3n) is 4.15. The summed E-state index contributed by atoms with van der Waals surface area (Å²) in [4.78, 5) is 0. The van der Waals surface area contributed by atoms with Gasteiger partial charge in [0.1, 0.15) is 17.6 Å². The summed E-state index contributed by atoms with van der Waals surface area (Å²) in [5.74, 6) is -0.255. The van der Waals surface area contributed by atoms with E-state index in [-0.39, 0.29) is 5.82 Å². The number of aromatic amines is 1. The molecule has 0 saturated heterocycles. The van der Waals surface area contributed by atoms with Crippen LogP contribution < -0.4 is 0 Å². The second-order valence-corrected chi connectivity index (χ2v) is 5.72. The van der Waals surface area contributed by atoms with E-state index in [1.807, 2.05) is 35.0 Å². The highest BCUT2D eigenvalue weighted by Gasteiger charge is 2.19. The maximum atomic E-state index is 13.1. The number of nitriles is 1. The number of H-pyrrole nitrogens is 1. The lowest BCUT2D eigenvalue weighted by Gasteiger charge is -2.05. The maximum Gasteiger partial charge on any atom is 0.141 e. The normalized spacial score (nSPS) is 10.8. The van der Waals surface area contributed by atoms with Gasteiger partial charge in [-0.2, -0.15) is 5.26 Å². The van der Waals surface area contributed by atoms with Crippen LogP contribution in [0.3, 0.4) is 0 Å². The first-order chi connectivity index (χ1) is 11.7. The predicted molar refractivity (Wildman–Crippen MR) is 91.1 cm³/mol. The van der Waals surface area contributed by atoms with Crippen LogP contribution in [0, 0.1) is 17.1 Å². The van der Waals surface area contributed by atoms with Crippen LogP contribution in [0.25, 0.3) is 22.4 Å². The summed E-state index contributed by atoms with van der Waals surface area (Å²) >= 11 is 0. The molecule has 24 heavy (non-hydrogen) atoms. The molecule has 0 saturated carbocycles. The summed E-state index contributed by atoms with van der Waals surface area (Å²) in [7, 11) is 0. The molecule has 0 spiro atoms. The third-order valence-corrected chi connectivity index (χ3v) is 4.15. The van der Waals surface area contributed by atoms with Crippen molar-refractivity contribution in [2.45, 2.75) is 6.54 Å². The predicted octanol–water partition coefficient (Wildman–Crippen LogP) is 4.65. The summed E-state index contributed by atoms with van der Waals surface area (Å²) in [6.45, 7) is 0.659. The molecule has 1 heterocycles. The molecule has 1 aliphatic heterocycles. The van der Waals surface area contributed by atoms with E-state index in [9.17, 15) is 9.65 Å². The van der Waals surface area contributed by atoms with Gasteiger partial charge in [0.25, 0.3) is 0 Å². The van der Waals surface area contributed by atoms with E-state index in [2.05, 4.69) is 23.3 Å². The molecule has 2 aromatic rings. The van der Waals surface area contributed by atoms with Gasteiger partial charge >= 0.3 is 0 Å². The van der Waals surface area contributed by atoms with Crippen LogP contribution in [0.4, 0.5) is 4.39 Å². The van der Waals surface area contributed by atoms with Crippen LogP contribution in [-0.2, 0) is 6.54 Å². The van der Waals surface area contributed by atoms with Crippen molar-refractivity contribution < 1.29 is 4.39 Å². The number of aromatic nitrogens is 2. The number of hydrogen-bond acceptors (Lipinski definition) is 1. The van der Waals surface area contributed by atoms with Crippen LogP contribution >= 0.6 is 0 Å². The Labute approximate surface area is 138 Å². The Morgan fingerprint density at radius 2 is 1.71 bits per heavy atom. The SMILES string of the molecule is N#Cc1[nH]n(Cc2ccccc2)c2cc(-c3ccc(F)cc3)cc1-2.